The second-order valence-corrected chi connectivity index (χ2v) is 4.94. The third-order valence-corrected chi connectivity index (χ3v) is 3.66. The van der Waals surface area contributed by atoms with E-state index in [-0.39, 0.29) is 5.92 Å². The second-order valence-electron chi connectivity index (χ2n) is 3.95. The van der Waals surface area contributed by atoms with Gasteiger partial charge in [0, 0.05) is 37.1 Å². The molecule has 1 unspecified atom stereocenters. The lowest BCUT2D eigenvalue weighted by atomic mass is 10.1. The van der Waals surface area contributed by atoms with Gasteiger partial charge in [0.2, 0.25) is 0 Å². The van der Waals surface area contributed by atoms with Crippen molar-refractivity contribution >= 4 is 17.6 Å². The van der Waals surface area contributed by atoms with Crippen LogP contribution >= 0.6 is 11.8 Å². The van der Waals surface area contributed by atoms with Crippen molar-refractivity contribution in [3.8, 4) is 0 Å². The molecule has 1 aromatic rings. The number of methoxy groups -OCH3 is 1. The molecule has 0 amide bonds. The fourth-order valence-electron chi connectivity index (χ4n) is 1.82. The first-order chi connectivity index (χ1) is 7.76. The van der Waals surface area contributed by atoms with Crippen LogP contribution < -0.4 is 5.32 Å². The van der Waals surface area contributed by atoms with Gasteiger partial charge in [-0.05, 0) is 0 Å². The Morgan fingerprint density at radius 2 is 2.25 bits per heavy atom. The normalized spacial score (nSPS) is 15.9. The van der Waals surface area contributed by atoms with Gasteiger partial charge in [0.15, 0.2) is 0 Å². The summed E-state index contributed by atoms with van der Waals surface area (Å²) in [4.78, 5) is 9.19. The first-order valence-corrected chi connectivity index (χ1v) is 6.55. The summed E-state index contributed by atoms with van der Waals surface area (Å²) in [5, 5.41) is 3.16. The number of thioether (sulfide) groups is 1. The Labute approximate surface area is 100 Å². The van der Waals surface area contributed by atoms with Gasteiger partial charge in [-0.25, -0.2) is 9.97 Å². The summed E-state index contributed by atoms with van der Waals surface area (Å²) in [5.74, 6) is 4.12. The topological polar surface area (TPSA) is 47.0 Å². The summed E-state index contributed by atoms with van der Waals surface area (Å²) >= 11 is 1.89. The molecule has 0 saturated carbocycles. The Kier molecular flexibility index (Phi) is 3.66. The van der Waals surface area contributed by atoms with Crippen LogP contribution in [-0.2, 0) is 16.2 Å². The maximum atomic E-state index is 5.15. The molecular weight excluding hydrogens is 222 g/mol. The van der Waals surface area contributed by atoms with Crippen molar-refractivity contribution in [2.45, 2.75) is 24.3 Å². The third kappa shape index (κ3) is 2.15. The Hall–Kier alpha value is -0.810. The lowest BCUT2D eigenvalue weighted by Crippen LogP contribution is -2.11. The van der Waals surface area contributed by atoms with Gasteiger partial charge < -0.3 is 10.1 Å². The molecule has 1 aliphatic heterocycles. The highest BCUT2D eigenvalue weighted by Gasteiger charge is 2.21. The van der Waals surface area contributed by atoms with Crippen LogP contribution in [0.15, 0.2) is 0 Å². The van der Waals surface area contributed by atoms with Gasteiger partial charge in [0.05, 0.1) is 12.3 Å². The SMILES string of the molecule is CNc1nc(C(C)COC)nc2c1CSC2. The van der Waals surface area contributed by atoms with E-state index < -0.39 is 0 Å². The van der Waals surface area contributed by atoms with Crippen LogP contribution in [0.4, 0.5) is 5.82 Å². The Morgan fingerprint density at radius 1 is 1.44 bits per heavy atom. The Balaban J connectivity index is 2.34. The summed E-state index contributed by atoms with van der Waals surface area (Å²) < 4.78 is 5.15. The number of nitrogens with zero attached hydrogens (tertiary/aromatic N) is 2. The number of nitrogens with one attached hydrogen (secondary N) is 1. The minimum atomic E-state index is 0.244. The van der Waals surface area contributed by atoms with E-state index in [1.165, 1.54) is 11.3 Å². The van der Waals surface area contributed by atoms with Crippen LogP contribution in [0.5, 0.6) is 0 Å². The van der Waals surface area contributed by atoms with Crippen LogP contribution in [-0.4, -0.2) is 30.7 Å². The van der Waals surface area contributed by atoms with Gasteiger partial charge in [-0.3, -0.25) is 0 Å². The highest BCUT2D eigenvalue weighted by atomic mass is 32.2. The minimum Gasteiger partial charge on any atom is -0.384 e. The van der Waals surface area contributed by atoms with E-state index in [0.717, 1.165) is 23.1 Å². The molecule has 1 aliphatic rings. The highest BCUT2D eigenvalue weighted by Crippen LogP contribution is 2.33. The van der Waals surface area contributed by atoms with Crippen molar-refractivity contribution < 1.29 is 4.74 Å². The summed E-state index contributed by atoms with van der Waals surface area (Å²) in [6, 6.07) is 0. The minimum absolute atomic E-state index is 0.244. The van der Waals surface area contributed by atoms with Gasteiger partial charge in [-0.1, -0.05) is 6.92 Å². The molecule has 1 aromatic heterocycles. The van der Waals surface area contributed by atoms with Gasteiger partial charge in [-0.15, -0.1) is 0 Å². The molecule has 88 valence electrons. The van der Waals surface area contributed by atoms with Crippen LogP contribution in [0.25, 0.3) is 0 Å². The lowest BCUT2D eigenvalue weighted by molar-refractivity contribution is 0.181. The predicted octanol–water partition coefficient (Wildman–Crippen LogP) is 2.02. The maximum absolute atomic E-state index is 5.15. The van der Waals surface area contributed by atoms with Gasteiger partial charge in [0.1, 0.15) is 11.6 Å². The molecule has 2 rings (SSSR count). The maximum Gasteiger partial charge on any atom is 0.136 e. The van der Waals surface area contributed by atoms with Gasteiger partial charge in [-0.2, -0.15) is 11.8 Å². The molecule has 1 N–H and O–H groups in total. The molecule has 0 aromatic carbocycles. The summed E-state index contributed by atoms with van der Waals surface area (Å²) in [5.41, 5.74) is 2.45. The summed E-state index contributed by atoms with van der Waals surface area (Å²) in [6.07, 6.45) is 0. The molecule has 0 saturated heterocycles. The Bertz CT molecular complexity index is 384. The zero-order valence-corrected chi connectivity index (χ0v) is 10.7. The van der Waals surface area contributed by atoms with Crippen LogP contribution in [0, 0.1) is 0 Å². The third-order valence-electron chi connectivity index (χ3n) is 2.69. The number of fused-ring (bicyclic) bond motifs is 1. The van der Waals surface area contributed by atoms with Crippen molar-refractivity contribution in [3.63, 3.8) is 0 Å². The van der Waals surface area contributed by atoms with E-state index in [0.29, 0.717) is 6.61 Å². The molecule has 2 heterocycles. The fraction of sp³-hybridized carbons (Fsp3) is 0.636. The molecule has 0 bridgehead atoms. The quantitative estimate of drug-likeness (QED) is 0.871. The van der Waals surface area contributed by atoms with E-state index >= 15 is 0 Å². The molecule has 0 radical (unpaired) electrons. The zero-order chi connectivity index (χ0) is 11.5. The number of anilines is 1. The first-order valence-electron chi connectivity index (χ1n) is 5.40. The van der Waals surface area contributed by atoms with E-state index in [9.17, 15) is 0 Å². The molecule has 0 aliphatic carbocycles. The monoisotopic (exact) mass is 239 g/mol. The van der Waals surface area contributed by atoms with E-state index in [1.54, 1.807) is 7.11 Å². The van der Waals surface area contributed by atoms with E-state index in [4.69, 9.17) is 4.74 Å². The second kappa shape index (κ2) is 5.01. The van der Waals surface area contributed by atoms with Crippen molar-refractivity contribution in [3.05, 3.63) is 17.1 Å². The number of aromatic nitrogens is 2. The lowest BCUT2D eigenvalue weighted by Gasteiger charge is -2.13. The zero-order valence-electron chi connectivity index (χ0n) is 9.91. The van der Waals surface area contributed by atoms with Gasteiger partial charge in [0.25, 0.3) is 0 Å². The number of ether oxygens (including phenoxy) is 1. The first kappa shape index (κ1) is 11.7. The number of hydrogen-bond donors (Lipinski definition) is 1. The highest BCUT2D eigenvalue weighted by molar-refractivity contribution is 7.98. The fourth-order valence-corrected chi connectivity index (χ4v) is 2.86. The average molecular weight is 239 g/mol. The van der Waals surface area contributed by atoms with Crippen molar-refractivity contribution in [2.24, 2.45) is 0 Å². The van der Waals surface area contributed by atoms with Crippen molar-refractivity contribution in [2.75, 3.05) is 26.1 Å². The van der Waals surface area contributed by atoms with Gasteiger partial charge >= 0.3 is 0 Å². The largest absolute Gasteiger partial charge is 0.384 e. The summed E-state index contributed by atoms with van der Waals surface area (Å²) in [6.45, 7) is 2.75. The molecule has 16 heavy (non-hydrogen) atoms. The molecule has 0 spiro atoms. The number of hydrogen-bond acceptors (Lipinski definition) is 5. The van der Waals surface area contributed by atoms with Crippen LogP contribution in [0.3, 0.4) is 0 Å². The molecule has 5 heteroatoms. The molecular formula is C11H17N3OS. The predicted molar refractivity (Wildman–Crippen MR) is 66.9 cm³/mol. The van der Waals surface area contributed by atoms with E-state index in [1.807, 2.05) is 18.8 Å². The molecule has 4 nitrogen and oxygen atoms in total. The van der Waals surface area contributed by atoms with E-state index in [2.05, 4.69) is 22.2 Å². The Morgan fingerprint density at radius 3 is 2.94 bits per heavy atom. The standard InChI is InChI=1S/C11H17N3OS/c1-7(4-15-3)10-13-9-6-16-5-8(9)11(12-2)14-10/h7H,4-6H2,1-3H3,(H,12,13,14). The number of rotatable bonds is 4. The van der Waals surface area contributed by atoms with Crippen LogP contribution in [0.2, 0.25) is 0 Å². The van der Waals surface area contributed by atoms with Crippen molar-refractivity contribution in [1.29, 1.82) is 0 Å². The summed E-state index contributed by atoms with van der Waals surface area (Å²) in [7, 11) is 3.62. The molecule has 1 atom stereocenters. The van der Waals surface area contributed by atoms with Crippen LogP contribution in [0.1, 0.15) is 29.9 Å². The smallest absolute Gasteiger partial charge is 0.136 e. The molecule has 0 fully saturated rings. The average Bonchev–Trinajstić information content (AvgIpc) is 2.75. The van der Waals surface area contributed by atoms with Crippen molar-refractivity contribution in [1.82, 2.24) is 9.97 Å².